The molecule has 5 rings (SSSR count). The topological polar surface area (TPSA) is 155 Å². The van der Waals surface area contributed by atoms with E-state index in [0.717, 1.165) is 12.1 Å². The predicted molar refractivity (Wildman–Crippen MR) is 139 cm³/mol. The molecule has 40 heavy (non-hydrogen) atoms. The molecule has 0 radical (unpaired) electrons. The van der Waals surface area contributed by atoms with Crippen molar-refractivity contribution in [2.45, 2.75) is 68.7 Å². The molecule has 11 heteroatoms. The number of hydrogen-bond acceptors (Lipinski definition) is 8. The molecule has 0 unspecified atom stereocenters. The quantitative estimate of drug-likeness (QED) is 0.354. The van der Waals surface area contributed by atoms with Crippen LogP contribution in [-0.4, -0.2) is 64.7 Å². The lowest BCUT2D eigenvalue weighted by Crippen LogP contribution is -2.69. The fraction of sp³-hybridized carbons (Fsp3) is 0.552. The monoisotopic (exact) mass is 576 g/mol. The van der Waals surface area contributed by atoms with Crippen LogP contribution in [0.2, 0.25) is 0 Å². The Morgan fingerprint density at radius 3 is 2.58 bits per heavy atom. The van der Waals surface area contributed by atoms with Crippen LogP contribution in [0.3, 0.4) is 0 Å². The minimum Gasteiger partial charge on any atom is -0.454 e. The van der Waals surface area contributed by atoms with Crippen molar-refractivity contribution in [3.63, 3.8) is 0 Å². The standard InChI is InChI=1S/C29H33FO9S/c1-16-11-22-21-8-7-18-13-19(31)9-10-26(18,2)28(21,30)23(32)14-27(22,3)29(16,35)24(33)15-39-25(34)17-5-4-6-20(12-17)40(36,37)38/h4-6,9-10,12-13,16,21-23,32,35H,7-8,11,14-15H2,1-3H3,(H,36,37,38)/t16-,21+,22-,23-,26+,27+,28-,29+/m1/s1. The van der Waals surface area contributed by atoms with Gasteiger partial charge in [0.1, 0.15) is 5.60 Å². The molecule has 0 saturated heterocycles. The number of ether oxygens (including phenoxy) is 1. The van der Waals surface area contributed by atoms with Crippen LogP contribution in [0, 0.1) is 28.6 Å². The number of aliphatic hydroxyl groups is 2. The molecule has 3 fully saturated rings. The highest BCUT2D eigenvalue weighted by Gasteiger charge is 2.75. The first-order chi connectivity index (χ1) is 18.5. The van der Waals surface area contributed by atoms with Gasteiger partial charge in [0.2, 0.25) is 5.78 Å². The molecule has 1 aromatic carbocycles. The van der Waals surface area contributed by atoms with Gasteiger partial charge in [-0.25, -0.2) is 9.18 Å². The molecule has 9 nitrogen and oxygen atoms in total. The summed E-state index contributed by atoms with van der Waals surface area (Å²) >= 11 is 0. The van der Waals surface area contributed by atoms with Crippen molar-refractivity contribution in [3.8, 4) is 0 Å². The summed E-state index contributed by atoms with van der Waals surface area (Å²) in [5.74, 6) is -3.86. The molecule has 0 aliphatic heterocycles. The highest BCUT2D eigenvalue weighted by Crippen LogP contribution is 2.70. The zero-order valence-electron chi connectivity index (χ0n) is 22.5. The number of halogens is 1. The molecule has 1 aromatic rings. The first-order valence-electron chi connectivity index (χ1n) is 13.3. The Kier molecular flexibility index (Phi) is 6.58. The molecule has 0 aromatic heterocycles. The van der Waals surface area contributed by atoms with Crippen LogP contribution in [-0.2, 0) is 24.4 Å². The Balaban J connectivity index is 1.41. The normalized spacial score (nSPS) is 40.5. The summed E-state index contributed by atoms with van der Waals surface area (Å²) in [5.41, 5.74) is -6.17. The maximum Gasteiger partial charge on any atom is 0.338 e. The van der Waals surface area contributed by atoms with Crippen LogP contribution < -0.4 is 0 Å². The highest BCUT2D eigenvalue weighted by molar-refractivity contribution is 7.85. The van der Waals surface area contributed by atoms with Crippen molar-refractivity contribution in [2.75, 3.05) is 6.61 Å². The molecule has 0 spiro atoms. The van der Waals surface area contributed by atoms with Gasteiger partial charge in [-0.15, -0.1) is 0 Å². The minimum atomic E-state index is -4.57. The fourth-order valence-electron chi connectivity index (χ4n) is 8.25. The van der Waals surface area contributed by atoms with Gasteiger partial charge < -0.3 is 14.9 Å². The van der Waals surface area contributed by atoms with E-state index < -0.39 is 79.3 Å². The third-order valence-corrected chi connectivity index (χ3v) is 11.2. The second kappa shape index (κ2) is 9.14. The van der Waals surface area contributed by atoms with Crippen LogP contribution in [0.25, 0.3) is 0 Å². The third-order valence-electron chi connectivity index (χ3n) is 10.3. The van der Waals surface area contributed by atoms with E-state index in [0.29, 0.717) is 24.8 Å². The van der Waals surface area contributed by atoms with Gasteiger partial charge >= 0.3 is 5.97 Å². The molecule has 3 N–H and O–H groups in total. The lowest BCUT2D eigenvalue weighted by Gasteiger charge is -2.62. The number of Topliss-reactive ketones (excluding diaryl/α,β-unsaturated/α-hetero) is 1. The molecular weight excluding hydrogens is 543 g/mol. The molecule has 0 amide bonds. The number of ketones is 2. The van der Waals surface area contributed by atoms with Gasteiger partial charge in [-0.1, -0.05) is 31.6 Å². The fourth-order valence-corrected chi connectivity index (χ4v) is 8.77. The number of hydrogen-bond donors (Lipinski definition) is 3. The average molecular weight is 577 g/mol. The van der Waals surface area contributed by atoms with Gasteiger partial charge in [-0.2, -0.15) is 8.42 Å². The predicted octanol–water partition coefficient (Wildman–Crippen LogP) is 3.01. The molecule has 0 bridgehead atoms. The Hall–Kier alpha value is -2.73. The largest absolute Gasteiger partial charge is 0.454 e. The number of alkyl halides is 1. The molecule has 3 saturated carbocycles. The molecular formula is C29H33FO9S. The van der Waals surface area contributed by atoms with Crippen LogP contribution >= 0.6 is 0 Å². The van der Waals surface area contributed by atoms with E-state index in [1.54, 1.807) is 20.8 Å². The molecule has 216 valence electrons. The number of carbonyl (C=O) groups excluding carboxylic acids is 3. The van der Waals surface area contributed by atoms with Gasteiger partial charge in [0, 0.05) is 16.7 Å². The van der Waals surface area contributed by atoms with E-state index >= 15 is 4.39 Å². The molecule has 0 heterocycles. The number of allylic oxidation sites excluding steroid dienone is 4. The Morgan fingerprint density at radius 1 is 1.20 bits per heavy atom. The van der Waals surface area contributed by atoms with Crippen LogP contribution in [0.1, 0.15) is 56.8 Å². The second-order valence-corrected chi connectivity index (χ2v) is 13.6. The second-order valence-electron chi connectivity index (χ2n) is 12.2. The highest BCUT2D eigenvalue weighted by atomic mass is 32.2. The Bertz CT molecular complexity index is 1470. The van der Waals surface area contributed by atoms with Crippen molar-refractivity contribution in [1.29, 1.82) is 0 Å². The summed E-state index contributed by atoms with van der Waals surface area (Å²) in [5, 5.41) is 23.4. The van der Waals surface area contributed by atoms with Crippen molar-refractivity contribution in [2.24, 2.45) is 28.6 Å². The first kappa shape index (κ1) is 28.8. The van der Waals surface area contributed by atoms with Crippen LogP contribution in [0.5, 0.6) is 0 Å². The summed E-state index contributed by atoms with van der Waals surface area (Å²) in [7, 11) is -4.57. The summed E-state index contributed by atoms with van der Waals surface area (Å²) in [6, 6.07) is 4.48. The van der Waals surface area contributed by atoms with Crippen molar-refractivity contribution in [1.82, 2.24) is 0 Å². The third kappa shape index (κ3) is 3.81. The van der Waals surface area contributed by atoms with Gasteiger partial charge in [-0.3, -0.25) is 14.1 Å². The Labute approximate surface area is 231 Å². The molecule has 4 aliphatic rings. The van der Waals surface area contributed by atoms with Gasteiger partial charge in [-0.05, 0) is 74.8 Å². The zero-order valence-corrected chi connectivity index (χ0v) is 23.3. The molecule has 8 atom stereocenters. The summed E-state index contributed by atoms with van der Waals surface area (Å²) in [6.45, 7) is 4.22. The van der Waals surface area contributed by atoms with Crippen LogP contribution in [0.15, 0.2) is 53.0 Å². The molecule has 4 aliphatic carbocycles. The lowest BCUT2D eigenvalue weighted by atomic mass is 9.44. The average Bonchev–Trinajstić information content (AvgIpc) is 3.09. The summed E-state index contributed by atoms with van der Waals surface area (Å²) in [6.07, 6.45) is 3.64. The van der Waals surface area contributed by atoms with Crippen molar-refractivity contribution in [3.05, 3.63) is 53.6 Å². The number of fused-ring (bicyclic) bond motifs is 5. The van der Waals surface area contributed by atoms with Gasteiger partial charge in [0.15, 0.2) is 18.1 Å². The first-order valence-corrected chi connectivity index (χ1v) is 14.8. The van der Waals surface area contributed by atoms with Gasteiger partial charge in [0.25, 0.3) is 10.1 Å². The Morgan fingerprint density at radius 2 is 1.90 bits per heavy atom. The number of rotatable bonds is 5. The summed E-state index contributed by atoms with van der Waals surface area (Å²) < 4.78 is 54.4. The summed E-state index contributed by atoms with van der Waals surface area (Å²) in [4.78, 5) is 37.7. The van der Waals surface area contributed by atoms with Crippen molar-refractivity contribution >= 4 is 27.7 Å². The van der Waals surface area contributed by atoms with E-state index in [2.05, 4.69) is 0 Å². The van der Waals surface area contributed by atoms with E-state index in [9.17, 15) is 37.6 Å². The lowest BCUT2D eigenvalue weighted by molar-refractivity contribution is -0.219. The van der Waals surface area contributed by atoms with Gasteiger partial charge in [0.05, 0.1) is 16.6 Å². The maximum atomic E-state index is 17.3. The zero-order chi connectivity index (χ0) is 29.5. The minimum absolute atomic E-state index is 0.216. The van der Waals surface area contributed by atoms with E-state index in [1.807, 2.05) is 0 Å². The van der Waals surface area contributed by atoms with Crippen molar-refractivity contribution < 1.29 is 46.7 Å². The smallest absolute Gasteiger partial charge is 0.338 e. The number of aliphatic hydroxyl groups excluding tert-OH is 1. The van der Waals surface area contributed by atoms with E-state index in [4.69, 9.17) is 4.74 Å². The number of esters is 1. The number of benzene rings is 1. The maximum absolute atomic E-state index is 17.3. The SMILES string of the molecule is C[C@@H]1C[C@@H]2[C@@H]3CCC4=CC(=O)C=C[C@]4(C)[C@]3(F)[C@H](O)C[C@]2(C)[C@@]1(O)C(=O)COC(=O)c1cccc(S(=O)(=O)O)c1. The van der Waals surface area contributed by atoms with Crippen LogP contribution in [0.4, 0.5) is 4.39 Å². The van der Waals surface area contributed by atoms with E-state index in [1.165, 1.54) is 30.4 Å². The van der Waals surface area contributed by atoms with E-state index in [-0.39, 0.29) is 17.8 Å². The number of carbonyl (C=O) groups is 3.